The van der Waals surface area contributed by atoms with Crippen molar-refractivity contribution in [2.24, 2.45) is 0 Å². The molecule has 2 heterocycles. The van der Waals surface area contributed by atoms with Gasteiger partial charge in [-0.2, -0.15) is 0 Å². The SMILES string of the molecule is O=C(Oc1ccc(-c2nnco2)cc1)c1ccc2ccccc2n1. The van der Waals surface area contributed by atoms with Crippen LogP contribution in [-0.4, -0.2) is 21.2 Å². The number of hydrogen-bond acceptors (Lipinski definition) is 6. The van der Waals surface area contributed by atoms with Crippen molar-refractivity contribution in [1.29, 1.82) is 0 Å². The van der Waals surface area contributed by atoms with Gasteiger partial charge in [-0.15, -0.1) is 10.2 Å². The number of para-hydroxylation sites is 1. The van der Waals surface area contributed by atoms with E-state index in [4.69, 9.17) is 9.15 Å². The summed E-state index contributed by atoms with van der Waals surface area (Å²) in [6.45, 7) is 0. The Morgan fingerprint density at radius 3 is 2.58 bits per heavy atom. The molecule has 0 saturated heterocycles. The molecule has 0 bridgehead atoms. The fraction of sp³-hybridized carbons (Fsp3) is 0. The fourth-order valence-electron chi connectivity index (χ4n) is 2.30. The van der Waals surface area contributed by atoms with E-state index in [0.29, 0.717) is 11.6 Å². The average Bonchev–Trinajstić information content (AvgIpc) is 3.16. The zero-order valence-electron chi connectivity index (χ0n) is 12.4. The van der Waals surface area contributed by atoms with Gasteiger partial charge >= 0.3 is 5.97 Å². The van der Waals surface area contributed by atoms with Gasteiger partial charge in [0.25, 0.3) is 0 Å². The third kappa shape index (κ3) is 2.72. The molecule has 6 nitrogen and oxygen atoms in total. The maximum Gasteiger partial charge on any atom is 0.362 e. The van der Waals surface area contributed by atoms with Crippen LogP contribution in [0.5, 0.6) is 5.75 Å². The molecule has 0 spiro atoms. The highest BCUT2D eigenvalue weighted by Crippen LogP contribution is 2.21. The Kier molecular flexibility index (Phi) is 3.47. The normalized spacial score (nSPS) is 10.7. The summed E-state index contributed by atoms with van der Waals surface area (Å²) in [5.74, 6) is 0.314. The van der Waals surface area contributed by atoms with Crippen LogP contribution in [0.25, 0.3) is 22.4 Å². The minimum Gasteiger partial charge on any atom is -0.423 e. The first-order chi connectivity index (χ1) is 11.8. The standard InChI is InChI=1S/C18H11N3O3/c22-18(16-10-7-12-3-1-2-4-15(12)20-16)24-14-8-5-13(6-9-14)17-21-19-11-23-17/h1-11H. The lowest BCUT2D eigenvalue weighted by atomic mass is 10.2. The topological polar surface area (TPSA) is 78.1 Å². The molecule has 6 heteroatoms. The summed E-state index contributed by atoms with van der Waals surface area (Å²) >= 11 is 0. The number of nitrogens with zero attached hydrogens (tertiary/aromatic N) is 3. The van der Waals surface area contributed by atoms with Crippen molar-refractivity contribution in [2.75, 3.05) is 0 Å². The first-order valence-electron chi connectivity index (χ1n) is 7.24. The lowest BCUT2D eigenvalue weighted by molar-refractivity contribution is 0.0729. The van der Waals surface area contributed by atoms with E-state index in [1.165, 1.54) is 6.39 Å². The van der Waals surface area contributed by atoms with Gasteiger partial charge in [0, 0.05) is 10.9 Å². The molecule has 0 aliphatic rings. The molecule has 0 aliphatic carbocycles. The maximum absolute atomic E-state index is 12.2. The van der Waals surface area contributed by atoms with Crippen LogP contribution in [-0.2, 0) is 0 Å². The Labute approximate surface area is 136 Å². The molecule has 4 aromatic rings. The molecule has 0 fully saturated rings. The summed E-state index contributed by atoms with van der Waals surface area (Å²) in [7, 11) is 0. The van der Waals surface area contributed by atoms with Gasteiger partial charge in [0.2, 0.25) is 12.3 Å². The van der Waals surface area contributed by atoms with Gasteiger partial charge in [-0.1, -0.05) is 24.3 Å². The van der Waals surface area contributed by atoms with E-state index >= 15 is 0 Å². The van der Waals surface area contributed by atoms with Crippen LogP contribution < -0.4 is 4.74 Å². The highest BCUT2D eigenvalue weighted by atomic mass is 16.5. The molecular weight excluding hydrogens is 306 g/mol. The van der Waals surface area contributed by atoms with Crippen molar-refractivity contribution in [1.82, 2.24) is 15.2 Å². The van der Waals surface area contributed by atoms with Gasteiger partial charge in [0.1, 0.15) is 11.4 Å². The molecule has 0 saturated carbocycles. The van der Waals surface area contributed by atoms with Gasteiger partial charge < -0.3 is 9.15 Å². The Balaban J connectivity index is 1.54. The minimum atomic E-state index is -0.508. The number of esters is 1. The van der Waals surface area contributed by atoms with Crippen molar-refractivity contribution in [3.8, 4) is 17.2 Å². The van der Waals surface area contributed by atoms with Crippen molar-refractivity contribution in [3.63, 3.8) is 0 Å². The predicted molar refractivity (Wildman–Crippen MR) is 86.4 cm³/mol. The van der Waals surface area contributed by atoms with Crippen molar-refractivity contribution in [3.05, 3.63) is 72.8 Å². The van der Waals surface area contributed by atoms with E-state index in [-0.39, 0.29) is 5.69 Å². The van der Waals surface area contributed by atoms with Gasteiger partial charge in [0.15, 0.2) is 0 Å². The summed E-state index contributed by atoms with van der Waals surface area (Å²) in [5, 5.41) is 8.41. The molecular formula is C18H11N3O3. The molecule has 24 heavy (non-hydrogen) atoms. The second-order valence-corrected chi connectivity index (χ2v) is 5.05. The van der Waals surface area contributed by atoms with Gasteiger partial charge in [-0.05, 0) is 36.4 Å². The number of hydrogen-bond donors (Lipinski definition) is 0. The third-order valence-electron chi connectivity index (χ3n) is 3.48. The van der Waals surface area contributed by atoms with Crippen LogP contribution in [0.15, 0.2) is 71.5 Å². The van der Waals surface area contributed by atoms with E-state index in [9.17, 15) is 4.79 Å². The fourth-order valence-corrected chi connectivity index (χ4v) is 2.30. The lowest BCUT2D eigenvalue weighted by Crippen LogP contribution is -2.10. The van der Waals surface area contributed by atoms with Crippen LogP contribution in [0.2, 0.25) is 0 Å². The first kappa shape index (κ1) is 14.1. The maximum atomic E-state index is 12.2. The molecule has 4 rings (SSSR count). The zero-order valence-corrected chi connectivity index (χ0v) is 12.4. The molecule has 0 N–H and O–H groups in total. The van der Waals surface area contributed by atoms with E-state index in [1.807, 2.05) is 30.3 Å². The molecule has 116 valence electrons. The number of benzene rings is 2. The van der Waals surface area contributed by atoms with Crippen LogP contribution in [0.1, 0.15) is 10.5 Å². The van der Waals surface area contributed by atoms with Crippen LogP contribution in [0.3, 0.4) is 0 Å². The monoisotopic (exact) mass is 317 g/mol. The van der Waals surface area contributed by atoms with Crippen molar-refractivity contribution >= 4 is 16.9 Å². The Morgan fingerprint density at radius 1 is 0.958 bits per heavy atom. The number of fused-ring (bicyclic) bond motifs is 1. The molecule has 0 atom stereocenters. The number of rotatable bonds is 3. The Morgan fingerprint density at radius 2 is 1.79 bits per heavy atom. The van der Waals surface area contributed by atoms with Crippen molar-refractivity contribution in [2.45, 2.75) is 0 Å². The quantitative estimate of drug-likeness (QED) is 0.425. The number of aromatic nitrogens is 3. The number of ether oxygens (including phenoxy) is 1. The molecule has 2 aromatic heterocycles. The van der Waals surface area contributed by atoms with Crippen LogP contribution in [0.4, 0.5) is 0 Å². The second kappa shape index (κ2) is 5.92. The number of carbonyl (C=O) groups excluding carboxylic acids is 1. The smallest absolute Gasteiger partial charge is 0.362 e. The summed E-state index contributed by atoms with van der Waals surface area (Å²) < 4.78 is 10.5. The van der Waals surface area contributed by atoms with Crippen LogP contribution in [0, 0.1) is 0 Å². The van der Waals surface area contributed by atoms with E-state index in [0.717, 1.165) is 16.5 Å². The summed E-state index contributed by atoms with van der Waals surface area (Å²) in [5.41, 5.74) is 1.75. The van der Waals surface area contributed by atoms with Gasteiger partial charge in [0.05, 0.1) is 5.52 Å². The zero-order chi connectivity index (χ0) is 16.4. The second-order valence-electron chi connectivity index (χ2n) is 5.05. The van der Waals surface area contributed by atoms with E-state index in [2.05, 4.69) is 15.2 Å². The van der Waals surface area contributed by atoms with Crippen molar-refractivity contribution < 1.29 is 13.9 Å². The molecule has 0 radical (unpaired) electrons. The van der Waals surface area contributed by atoms with Crippen LogP contribution >= 0.6 is 0 Å². The molecule has 0 amide bonds. The highest BCUT2D eigenvalue weighted by molar-refractivity contribution is 5.92. The third-order valence-corrected chi connectivity index (χ3v) is 3.48. The molecule has 0 unspecified atom stereocenters. The average molecular weight is 317 g/mol. The number of pyridine rings is 1. The first-order valence-corrected chi connectivity index (χ1v) is 7.24. The largest absolute Gasteiger partial charge is 0.423 e. The summed E-state index contributed by atoms with van der Waals surface area (Å²) in [6.07, 6.45) is 1.26. The Hall–Kier alpha value is -3.54. The predicted octanol–water partition coefficient (Wildman–Crippen LogP) is 3.50. The van der Waals surface area contributed by atoms with Gasteiger partial charge in [-0.25, -0.2) is 9.78 Å². The summed E-state index contributed by atoms with van der Waals surface area (Å²) in [4.78, 5) is 16.6. The van der Waals surface area contributed by atoms with E-state index < -0.39 is 5.97 Å². The minimum absolute atomic E-state index is 0.259. The molecule has 0 aliphatic heterocycles. The highest BCUT2D eigenvalue weighted by Gasteiger charge is 2.11. The number of carbonyl (C=O) groups is 1. The summed E-state index contributed by atoms with van der Waals surface area (Å²) in [6, 6.07) is 17.9. The van der Waals surface area contributed by atoms with E-state index in [1.54, 1.807) is 30.3 Å². The molecule has 2 aromatic carbocycles. The van der Waals surface area contributed by atoms with Gasteiger partial charge in [-0.3, -0.25) is 0 Å². The Bertz CT molecular complexity index is 996. The lowest BCUT2D eigenvalue weighted by Gasteiger charge is -2.05.